The molecule has 7 nitrogen and oxygen atoms in total. The summed E-state index contributed by atoms with van der Waals surface area (Å²) in [6.07, 6.45) is 1.72. The van der Waals surface area contributed by atoms with Crippen LogP contribution in [-0.4, -0.2) is 34.1 Å². The highest BCUT2D eigenvalue weighted by Gasteiger charge is 2.34. The molecule has 0 saturated heterocycles. The number of rotatable bonds is 5. The summed E-state index contributed by atoms with van der Waals surface area (Å²) in [4.78, 5) is 40.8. The van der Waals surface area contributed by atoms with Crippen LogP contribution < -0.4 is 10.9 Å². The largest absolute Gasteiger partial charge is 0.467 e. The van der Waals surface area contributed by atoms with E-state index in [1.165, 1.54) is 18.0 Å². The molecule has 2 aromatic rings. The van der Waals surface area contributed by atoms with E-state index in [-0.39, 0.29) is 12.1 Å². The van der Waals surface area contributed by atoms with Gasteiger partial charge in [-0.2, -0.15) is 0 Å². The van der Waals surface area contributed by atoms with Crippen molar-refractivity contribution < 1.29 is 14.3 Å². The predicted molar refractivity (Wildman–Crippen MR) is 89.6 cm³/mol. The van der Waals surface area contributed by atoms with Gasteiger partial charge in [-0.05, 0) is 31.9 Å². The molecule has 24 heavy (non-hydrogen) atoms. The Balaban J connectivity index is 2.27. The lowest BCUT2D eigenvalue weighted by Gasteiger charge is -2.26. The zero-order chi connectivity index (χ0) is 17.9. The number of aromatic nitrogens is 2. The zero-order valence-electron chi connectivity index (χ0n) is 14.3. The Morgan fingerprint density at radius 2 is 2.08 bits per heavy atom. The number of hydrogen-bond donors (Lipinski definition) is 1. The van der Waals surface area contributed by atoms with Gasteiger partial charge in [0.1, 0.15) is 12.1 Å². The fraction of sp³-hybridized carbons (Fsp3) is 0.412. The summed E-state index contributed by atoms with van der Waals surface area (Å²) in [5.41, 5.74) is 0.0868. The number of nitrogens with zero attached hydrogens (tertiary/aromatic N) is 2. The van der Waals surface area contributed by atoms with Gasteiger partial charge in [0.2, 0.25) is 5.91 Å². The molecule has 2 rings (SSSR count). The number of carbonyl (C=O) groups excluding carboxylic acids is 2. The normalized spacial score (nSPS) is 13.3. The molecule has 1 heterocycles. The van der Waals surface area contributed by atoms with E-state index in [9.17, 15) is 14.4 Å². The molecule has 7 heteroatoms. The number of amides is 1. The van der Waals surface area contributed by atoms with Crippen molar-refractivity contribution in [2.24, 2.45) is 0 Å². The lowest BCUT2D eigenvalue weighted by molar-refractivity contribution is -0.150. The first kappa shape index (κ1) is 17.7. The standard InChI is InChI=1S/C17H21N3O4/c1-5-17(3,16(23)24-4)19-13(21)9-20-10-18-14-11(2)7-6-8-12(14)15(20)22/h6-8,10H,5,9H2,1-4H3,(H,19,21)/t17-/m1/s1. The number of hydrogen-bond acceptors (Lipinski definition) is 5. The van der Waals surface area contributed by atoms with E-state index in [1.807, 2.05) is 13.0 Å². The molecule has 1 atom stereocenters. The fourth-order valence-electron chi connectivity index (χ4n) is 2.46. The number of ether oxygens (including phenoxy) is 1. The Hall–Kier alpha value is -2.70. The summed E-state index contributed by atoms with van der Waals surface area (Å²) in [6, 6.07) is 5.32. The van der Waals surface area contributed by atoms with Crippen molar-refractivity contribution in [1.82, 2.24) is 14.9 Å². The molecule has 0 spiro atoms. The van der Waals surface area contributed by atoms with E-state index >= 15 is 0 Å². The number of aryl methyl sites for hydroxylation is 1. The van der Waals surface area contributed by atoms with E-state index in [2.05, 4.69) is 10.3 Å². The van der Waals surface area contributed by atoms with Crippen LogP contribution in [0.3, 0.4) is 0 Å². The van der Waals surface area contributed by atoms with Crippen LogP contribution in [-0.2, 0) is 20.9 Å². The van der Waals surface area contributed by atoms with Gasteiger partial charge in [-0.3, -0.25) is 14.2 Å². The third kappa shape index (κ3) is 3.29. The maximum absolute atomic E-state index is 12.5. The summed E-state index contributed by atoms with van der Waals surface area (Å²) in [5.74, 6) is -0.987. The molecule has 1 aromatic carbocycles. The van der Waals surface area contributed by atoms with Gasteiger partial charge >= 0.3 is 5.97 Å². The monoisotopic (exact) mass is 331 g/mol. The van der Waals surface area contributed by atoms with Gasteiger partial charge in [-0.25, -0.2) is 9.78 Å². The molecular formula is C17H21N3O4. The summed E-state index contributed by atoms with van der Waals surface area (Å²) < 4.78 is 5.94. The average molecular weight is 331 g/mol. The molecular weight excluding hydrogens is 310 g/mol. The molecule has 0 radical (unpaired) electrons. The van der Waals surface area contributed by atoms with E-state index in [1.54, 1.807) is 26.0 Å². The van der Waals surface area contributed by atoms with Gasteiger partial charge in [0.15, 0.2) is 0 Å². The molecule has 0 fully saturated rings. The smallest absolute Gasteiger partial charge is 0.331 e. The predicted octanol–water partition coefficient (Wildman–Crippen LogP) is 1.16. The Kier molecular flexibility index (Phi) is 5.02. The highest BCUT2D eigenvalue weighted by molar-refractivity contribution is 5.87. The summed E-state index contributed by atoms with van der Waals surface area (Å²) in [7, 11) is 1.27. The van der Waals surface area contributed by atoms with Crippen molar-refractivity contribution in [1.29, 1.82) is 0 Å². The van der Waals surface area contributed by atoms with Crippen LogP contribution in [0.25, 0.3) is 10.9 Å². The summed E-state index contributed by atoms with van der Waals surface area (Å²) in [5, 5.41) is 3.08. The molecule has 0 aliphatic carbocycles. The fourth-order valence-corrected chi connectivity index (χ4v) is 2.46. The number of para-hydroxylation sites is 1. The van der Waals surface area contributed by atoms with Crippen molar-refractivity contribution >= 4 is 22.8 Å². The maximum atomic E-state index is 12.5. The van der Waals surface area contributed by atoms with Crippen LogP contribution in [0, 0.1) is 6.92 Å². The number of methoxy groups -OCH3 is 1. The molecule has 128 valence electrons. The van der Waals surface area contributed by atoms with Crippen molar-refractivity contribution in [2.45, 2.75) is 39.3 Å². The van der Waals surface area contributed by atoms with E-state index < -0.39 is 17.4 Å². The second-order valence-corrected chi connectivity index (χ2v) is 5.87. The Morgan fingerprint density at radius 3 is 2.71 bits per heavy atom. The number of benzene rings is 1. The number of esters is 1. The van der Waals surface area contributed by atoms with E-state index in [0.29, 0.717) is 17.3 Å². The molecule has 0 aliphatic heterocycles. The van der Waals surface area contributed by atoms with Crippen LogP contribution in [0.4, 0.5) is 0 Å². The quantitative estimate of drug-likeness (QED) is 0.831. The van der Waals surface area contributed by atoms with Crippen molar-refractivity contribution in [2.75, 3.05) is 7.11 Å². The molecule has 0 unspecified atom stereocenters. The molecule has 1 amide bonds. The Bertz CT molecular complexity index is 843. The van der Waals surface area contributed by atoms with Gasteiger partial charge in [0, 0.05) is 0 Å². The minimum absolute atomic E-state index is 0.220. The molecule has 1 N–H and O–H groups in total. The zero-order valence-corrected chi connectivity index (χ0v) is 14.3. The minimum Gasteiger partial charge on any atom is -0.467 e. The lowest BCUT2D eigenvalue weighted by Crippen LogP contribution is -2.53. The highest BCUT2D eigenvalue weighted by atomic mass is 16.5. The Morgan fingerprint density at radius 1 is 1.38 bits per heavy atom. The maximum Gasteiger partial charge on any atom is 0.331 e. The van der Waals surface area contributed by atoms with Crippen LogP contribution >= 0.6 is 0 Å². The topological polar surface area (TPSA) is 90.3 Å². The third-order valence-electron chi connectivity index (χ3n) is 4.13. The second kappa shape index (κ2) is 6.82. The van der Waals surface area contributed by atoms with Crippen molar-refractivity contribution in [3.63, 3.8) is 0 Å². The summed E-state index contributed by atoms with van der Waals surface area (Å²) >= 11 is 0. The molecule has 0 saturated carbocycles. The van der Waals surface area contributed by atoms with Crippen LogP contribution in [0.2, 0.25) is 0 Å². The van der Waals surface area contributed by atoms with Crippen LogP contribution in [0.1, 0.15) is 25.8 Å². The van der Waals surface area contributed by atoms with E-state index in [0.717, 1.165) is 5.56 Å². The van der Waals surface area contributed by atoms with Gasteiger partial charge in [0.05, 0.1) is 24.3 Å². The minimum atomic E-state index is -1.13. The Labute approximate surface area is 139 Å². The first-order valence-electron chi connectivity index (χ1n) is 7.66. The average Bonchev–Trinajstić information content (AvgIpc) is 2.57. The first-order chi connectivity index (χ1) is 11.3. The SMILES string of the molecule is CC[C@@](C)(NC(=O)Cn1cnc2c(C)cccc2c1=O)C(=O)OC. The van der Waals surface area contributed by atoms with Gasteiger partial charge < -0.3 is 10.1 Å². The third-order valence-corrected chi connectivity index (χ3v) is 4.13. The van der Waals surface area contributed by atoms with Gasteiger partial charge in [-0.1, -0.05) is 19.1 Å². The molecule has 1 aromatic heterocycles. The van der Waals surface area contributed by atoms with E-state index in [4.69, 9.17) is 4.74 Å². The van der Waals surface area contributed by atoms with Gasteiger partial charge in [0.25, 0.3) is 5.56 Å². The van der Waals surface area contributed by atoms with Crippen LogP contribution in [0.5, 0.6) is 0 Å². The number of fused-ring (bicyclic) bond motifs is 1. The van der Waals surface area contributed by atoms with Crippen molar-refractivity contribution in [3.8, 4) is 0 Å². The molecule has 0 aliphatic rings. The number of nitrogens with one attached hydrogen (secondary N) is 1. The highest BCUT2D eigenvalue weighted by Crippen LogP contribution is 2.12. The van der Waals surface area contributed by atoms with Crippen LogP contribution in [0.15, 0.2) is 29.3 Å². The van der Waals surface area contributed by atoms with Crippen molar-refractivity contribution in [3.05, 3.63) is 40.4 Å². The lowest BCUT2D eigenvalue weighted by atomic mass is 9.99. The molecule has 0 bridgehead atoms. The first-order valence-corrected chi connectivity index (χ1v) is 7.66. The summed E-state index contributed by atoms with van der Waals surface area (Å²) in [6.45, 7) is 5.00. The number of carbonyl (C=O) groups is 2. The van der Waals surface area contributed by atoms with Gasteiger partial charge in [-0.15, -0.1) is 0 Å². The second-order valence-electron chi connectivity index (χ2n) is 5.87.